The van der Waals surface area contributed by atoms with E-state index in [1.54, 1.807) is 0 Å². The third-order valence-corrected chi connectivity index (χ3v) is 3.13. The largest absolute Gasteiger partial charge is 0.384 e. The first-order valence-corrected chi connectivity index (χ1v) is 6.28. The molecule has 0 aromatic heterocycles. The highest BCUT2D eigenvalue weighted by Gasteiger charge is 2.19. The van der Waals surface area contributed by atoms with Gasteiger partial charge in [-0.25, -0.2) is 0 Å². The van der Waals surface area contributed by atoms with Gasteiger partial charge in [0.25, 0.3) is 0 Å². The van der Waals surface area contributed by atoms with Crippen molar-refractivity contribution in [1.82, 2.24) is 5.32 Å². The lowest BCUT2D eigenvalue weighted by Gasteiger charge is -2.10. The van der Waals surface area contributed by atoms with Gasteiger partial charge in [0, 0.05) is 29.3 Å². The van der Waals surface area contributed by atoms with Crippen LogP contribution in [0, 0.1) is 6.92 Å². The second kappa shape index (κ2) is 4.99. The first-order valence-electron chi connectivity index (χ1n) is 5.49. The fraction of sp³-hybridized carbons (Fsp3) is 0.500. The smallest absolute Gasteiger partial charge is 0.0371 e. The van der Waals surface area contributed by atoms with Crippen molar-refractivity contribution in [2.75, 3.05) is 18.4 Å². The van der Waals surface area contributed by atoms with Crippen molar-refractivity contribution >= 4 is 21.6 Å². The molecule has 2 nitrogen and oxygen atoms in total. The van der Waals surface area contributed by atoms with Crippen LogP contribution in [0.3, 0.4) is 0 Å². The molecule has 2 N–H and O–H groups in total. The molecule has 3 heteroatoms. The molecule has 1 aromatic rings. The summed E-state index contributed by atoms with van der Waals surface area (Å²) in [6, 6.07) is 7.13. The first-order chi connectivity index (χ1) is 7.25. The summed E-state index contributed by atoms with van der Waals surface area (Å²) in [5.74, 6) is 0. The van der Waals surface area contributed by atoms with E-state index in [-0.39, 0.29) is 0 Å². The van der Waals surface area contributed by atoms with E-state index < -0.39 is 0 Å². The van der Waals surface area contributed by atoms with Crippen molar-refractivity contribution in [3.8, 4) is 0 Å². The molecule has 0 atom stereocenters. The monoisotopic (exact) mass is 268 g/mol. The van der Waals surface area contributed by atoms with E-state index in [1.807, 2.05) is 0 Å². The van der Waals surface area contributed by atoms with Gasteiger partial charge in [-0.15, -0.1) is 0 Å². The van der Waals surface area contributed by atoms with Crippen LogP contribution >= 0.6 is 15.9 Å². The number of benzene rings is 1. The van der Waals surface area contributed by atoms with Crippen LogP contribution < -0.4 is 10.6 Å². The van der Waals surface area contributed by atoms with E-state index in [0.29, 0.717) is 0 Å². The molecule has 1 aliphatic rings. The minimum absolute atomic E-state index is 0.804. The number of rotatable bonds is 5. The zero-order valence-corrected chi connectivity index (χ0v) is 10.6. The highest BCUT2D eigenvalue weighted by atomic mass is 79.9. The molecule has 1 saturated carbocycles. The number of nitrogens with one attached hydrogen (secondary N) is 2. The van der Waals surface area contributed by atoms with Crippen LogP contribution in [0.25, 0.3) is 0 Å². The molecule has 0 heterocycles. The quantitative estimate of drug-likeness (QED) is 0.803. The van der Waals surface area contributed by atoms with Crippen LogP contribution in [-0.4, -0.2) is 19.1 Å². The Hall–Kier alpha value is -0.540. The first kappa shape index (κ1) is 11.0. The summed E-state index contributed by atoms with van der Waals surface area (Å²) in [5, 5.41) is 6.93. The number of anilines is 1. The fourth-order valence-electron chi connectivity index (χ4n) is 1.59. The van der Waals surface area contributed by atoms with Crippen molar-refractivity contribution in [3.05, 3.63) is 28.2 Å². The number of hydrogen-bond donors (Lipinski definition) is 2. The molecule has 1 aliphatic carbocycles. The molecular weight excluding hydrogens is 252 g/mol. The van der Waals surface area contributed by atoms with Gasteiger partial charge < -0.3 is 10.6 Å². The van der Waals surface area contributed by atoms with E-state index in [2.05, 4.69) is 51.7 Å². The summed E-state index contributed by atoms with van der Waals surface area (Å²) in [5.41, 5.74) is 2.52. The fourth-order valence-corrected chi connectivity index (χ4v) is 2.06. The molecule has 0 bridgehead atoms. The Labute approximate surface area is 99.6 Å². The standard InChI is InChI=1S/C12H17BrN2/c1-9-8-10(13)2-5-12(9)15-7-6-14-11-3-4-11/h2,5,8,11,14-15H,3-4,6-7H2,1H3. The average molecular weight is 269 g/mol. The SMILES string of the molecule is Cc1cc(Br)ccc1NCCNC1CC1. The van der Waals surface area contributed by atoms with E-state index in [0.717, 1.165) is 23.6 Å². The molecule has 1 aromatic carbocycles. The summed E-state index contributed by atoms with van der Waals surface area (Å²) in [7, 11) is 0. The van der Waals surface area contributed by atoms with E-state index in [9.17, 15) is 0 Å². The van der Waals surface area contributed by atoms with Gasteiger partial charge in [-0.1, -0.05) is 15.9 Å². The maximum Gasteiger partial charge on any atom is 0.0371 e. The Morgan fingerprint density at radius 2 is 2.13 bits per heavy atom. The van der Waals surface area contributed by atoms with E-state index in [1.165, 1.54) is 24.1 Å². The number of aryl methyl sites for hydroxylation is 1. The number of hydrogen-bond acceptors (Lipinski definition) is 2. The molecule has 0 saturated heterocycles. The Morgan fingerprint density at radius 3 is 2.80 bits per heavy atom. The van der Waals surface area contributed by atoms with Crippen LogP contribution in [0.2, 0.25) is 0 Å². The lowest BCUT2D eigenvalue weighted by molar-refractivity contribution is 0.701. The van der Waals surface area contributed by atoms with Crippen LogP contribution in [-0.2, 0) is 0 Å². The van der Waals surface area contributed by atoms with Crippen molar-refractivity contribution in [2.45, 2.75) is 25.8 Å². The lowest BCUT2D eigenvalue weighted by atomic mass is 10.2. The molecule has 0 spiro atoms. The normalized spacial score (nSPS) is 15.3. The molecule has 0 radical (unpaired) electrons. The highest BCUT2D eigenvalue weighted by molar-refractivity contribution is 9.10. The highest BCUT2D eigenvalue weighted by Crippen LogP contribution is 2.20. The molecule has 0 unspecified atom stereocenters. The lowest BCUT2D eigenvalue weighted by Crippen LogP contribution is -2.24. The third-order valence-electron chi connectivity index (χ3n) is 2.64. The molecule has 0 amide bonds. The summed E-state index contributed by atoms with van der Waals surface area (Å²) < 4.78 is 1.14. The Kier molecular flexibility index (Phi) is 3.65. The minimum Gasteiger partial charge on any atom is -0.384 e. The van der Waals surface area contributed by atoms with Gasteiger partial charge in [-0.2, -0.15) is 0 Å². The topological polar surface area (TPSA) is 24.1 Å². The second-order valence-corrected chi connectivity index (χ2v) is 5.03. The summed E-state index contributed by atoms with van der Waals surface area (Å²) in [6.45, 7) is 4.18. The summed E-state index contributed by atoms with van der Waals surface area (Å²) >= 11 is 3.47. The molecule has 15 heavy (non-hydrogen) atoms. The third kappa shape index (κ3) is 3.50. The predicted molar refractivity (Wildman–Crippen MR) is 68.4 cm³/mol. The molecule has 1 fully saturated rings. The van der Waals surface area contributed by atoms with Gasteiger partial charge in [-0.05, 0) is 43.5 Å². The van der Waals surface area contributed by atoms with Crippen molar-refractivity contribution in [1.29, 1.82) is 0 Å². The summed E-state index contributed by atoms with van der Waals surface area (Å²) in [6.07, 6.45) is 2.72. The minimum atomic E-state index is 0.804. The Morgan fingerprint density at radius 1 is 1.33 bits per heavy atom. The van der Waals surface area contributed by atoms with Crippen molar-refractivity contribution in [3.63, 3.8) is 0 Å². The zero-order valence-electron chi connectivity index (χ0n) is 9.02. The van der Waals surface area contributed by atoms with Crippen molar-refractivity contribution < 1.29 is 0 Å². The Balaban J connectivity index is 1.76. The molecule has 0 aliphatic heterocycles. The van der Waals surface area contributed by atoms with Gasteiger partial charge in [-0.3, -0.25) is 0 Å². The molecular formula is C12H17BrN2. The maximum absolute atomic E-state index is 3.49. The van der Waals surface area contributed by atoms with Gasteiger partial charge in [0.1, 0.15) is 0 Å². The van der Waals surface area contributed by atoms with Crippen LogP contribution in [0.5, 0.6) is 0 Å². The summed E-state index contributed by atoms with van der Waals surface area (Å²) in [4.78, 5) is 0. The zero-order chi connectivity index (χ0) is 10.7. The van der Waals surface area contributed by atoms with E-state index >= 15 is 0 Å². The number of halogens is 1. The van der Waals surface area contributed by atoms with E-state index in [4.69, 9.17) is 0 Å². The maximum atomic E-state index is 3.49. The van der Waals surface area contributed by atoms with Gasteiger partial charge >= 0.3 is 0 Å². The second-order valence-electron chi connectivity index (χ2n) is 4.11. The Bertz CT molecular complexity index is 334. The molecule has 82 valence electrons. The van der Waals surface area contributed by atoms with Crippen molar-refractivity contribution in [2.24, 2.45) is 0 Å². The van der Waals surface area contributed by atoms with Gasteiger partial charge in [0.2, 0.25) is 0 Å². The van der Waals surface area contributed by atoms with Crippen LogP contribution in [0.1, 0.15) is 18.4 Å². The van der Waals surface area contributed by atoms with Crippen LogP contribution in [0.15, 0.2) is 22.7 Å². The van der Waals surface area contributed by atoms with Gasteiger partial charge in [0.15, 0.2) is 0 Å². The predicted octanol–water partition coefficient (Wildman–Crippen LogP) is 2.92. The molecule has 2 rings (SSSR count). The van der Waals surface area contributed by atoms with Crippen LogP contribution in [0.4, 0.5) is 5.69 Å². The van der Waals surface area contributed by atoms with Gasteiger partial charge in [0.05, 0.1) is 0 Å². The average Bonchev–Trinajstić information content (AvgIpc) is 2.99.